The largest absolute Gasteiger partial charge is 0.573 e. The summed E-state index contributed by atoms with van der Waals surface area (Å²) in [4.78, 5) is 22.9. The molecule has 1 saturated heterocycles. The molecule has 1 aromatic carbocycles. The van der Waals surface area contributed by atoms with Crippen LogP contribution >= 0.6 is 0 Å². The van der Waals surface area contributed by atoms with Gasteiger partial charge in [-0.2, -0.15) is 8.78 Å². The SMILES string of the molecule is CC(F)(F)c1ccc(-c2cc(C(=O)Nc3ccc(OC(F)(F)F)cc3)cnc2N2CC[C@@H](O)C2)cn1. The van der Waals surface area contributed by atoms with Gasteiger partial charge < -0.3 is 20.1 Å². The molecule has 3 heterocycles. The third-order valence-electron chi connectivity index (χ3n) is 5.46. The maximum atomic E-state index is 13.6. The smallest absolute Gasteiger partial charge is 0.406 e. The first-order chi connectivity index (χ1) is 16.9. The number of pyridine rings is 2. The number of nitrogens with one attached hydrogen (secondary N) is 1. The minimum atomic E-state index is -4.83. The molecule has 0 aliphatic carbocycles. The zero-order valence-electron chi connectivity index (χ0n) is 18.9. The molecule has 3 aromatic rings. The zero-order valence-corrected chi connectivity index (χ0v) is 18.9. The van der Waals surface area contributed by atoms with Crippen molar-refractivity contribution in [2.45, 2.75) is 31.7 Å². The number of β-amino-alcohol motifs (C(OH)–C–C–N with tert-alkyl or cyclic N) is 1. The van der Waals surface area contributed by atoms with Crippen LogP contribution in [0, 0.1) is 0 Å². The Labute approximate surface area is 202 Å². The second-order valence-electron chi connectivity index (χ2n) is 8.33. The van der Waals surface area contributed by atoms with E-state index in [0.29, 0.717) is 36.5 Å². The van der Waals surface area contributed by atoms with Crippen LogP contribution in [0.3, 0.4) is 0 Å². The van der Waals surface area contributed by atoms with Gasteiger partial charge in [0.1, 0.15) is 17.3 Å². The van der Waals surface area contributed by atoms with Crippen LogP contribution in [0.25, 0.3) is 11.1 Å². The molecular weight excluding hydrogens is 487 g/mol. The molecule has 0 spiro atoms. The highest BCUT2D eigenvalue weighted by Crippen LogP contribution is 2.34. The van der Waals surface area contributed by atoms with Crippen LogP contribution in [0.5, 0.6) is 5.75 Å². The number of hydrogen-bond acceptors (Lipinski definition) is 6. The summed E-state index contributed by atoms with van der Waals surface area (Å²) in [5, 5.41) is 12.5. The molecule has 0 radical (unpaired) electrons. The fraction of sp³-hybridized carbons (Fsp3) is 0.292. The first kappa shape index (κ1) is 25.3. The number of anilines is 2. The first-order valence-corrected chi connectivity index (χ1v) is 10.8. The van der Waals surface area contributed by atoms with Crippen molar-refractivity contribution in [3.8, 4) is 16.9 Å². The van der Waals surface area contributed by atoms with Gasteiger partial charge in [-0.3, -0.25) is 9.78 Å². The van der Waals surface area contributed by atoms with E-state index in [-0.39, 0.29) is 11.3 Å². The Bertz CT molecular complexity index is 1230. The number of carbonyl (C=O) groups excluding carboxylic acids is 1. The van der Waals surface area contributed by atoms with E-state index in [1.807, 2.05) is 4.90 Å². The van der Waals surface area contributed by atoms with E-state index < -0.39 is 35.7 Å². The van der Waals surface area contributed by atoms with Crippen LogP contribution < -0.4 is 15.0 Å². The number of rotatable bonds is 6. The lowest BCUT2D eigenvalue weighted by Crippen LogP contribution is -2.23. The molecule has 0 saturated carbocycles. The van der Waals surface area contributed by atoms with Gasteiger partial charge in [0.25, 0.3) is 11.8 Å². The van der Waals surface area contributed by atoms with Crippen molar-refractivity contribution < 1.29 is 36.6 Å². The summed E-state index contributed by atoms with van der Waals surface area (Å²) in [5.41, 5.74) is 0.816. The number of carbonyl (C=O) groups is 1. The van der Waals surface area contributed by atoms with E-state index in [1.54, 1.807) is 0 Å². The quantitative estimate of drug-likeness (QED) is 0.457. The fourth-order valence-corrected chi connectivity index (χ4v) is 3.74. The molecule has 4 rings (SSSR count). The molecule has 0 bridgehead atoms. The van der Waals surface area contributed by atoms with Gasteiger partial charge in [0.15, 0.2) is 0 Å². The van der Waals surface area contributed by atoms with Crippen LogP contribution in [0.1, 0.15) is 29.4 Å². The van der Waals surface area contributed by atoms with Crippen molar-refractivity contribution in [2.75, 3.05) is 23.3 Å². The number of benzene rings is 1. The zero-order chi connectivity index (χ0) is 26.1. The summed E-state index contributed by atoms with van der Waals surface area (Å²) < 4.78 is 68.1. The van der Waals surface area contributed by atoms with Gasteiger partial charge in [-0.05, 0) is 42.8 Å². The van der Waals surface area contributed by atoms with E-state index in [1.165, 1.54) is 42.7 Å². The number of alkyl halides is 5. The van der Waals surface area contributed by atoms with Crippen molar-refractivity contribution >= 4 is 17.4 Å². The van der Waals surface area contributed by atoms with Gasteiger partial charge >= 0.3 is 6.36 Å². The van der Waals surface area contributed by atoms with E-state index >= 15 is 0 Å². The van der Waals surface area contributed by atoms with Crippen molar-refractivity contribution in [3.05, 3.63) is 66.1 Å². The number of ether oxygens (including phenoxy) is 1. The molecule has 2 aromatic heterocycles. The van der Waals surface area contributed by atoms with Gasteiger partial charge in [0, 0.05) is 49.2 Å². The highest BCUT2D eigenvalue weighted by atomic mass is 19.4. The number of halogens is 5. The average Bonchev–Trinajstić information content (AvgIpc) is 3.24. The van der Waals surface area contributed by atoms with Gasteiger partial charge in [0.2, 0.25) is 0 Å². The maximum absolute atomic E-state index is 13.6. The van der Waals surface area contributed by atoms with E-state index in [2.05, 4.69) is 20.0 Å². The van der Waals surface area contributed by atoms with Crippen molar-refractivity contribution in [2.24, 2.45) is 0 Å². The van der Waals surface area contributed by atoms with E-state index in [0.717, 1.165) is 19.1 Å². The van der Waals surface area contributed by atoms with Crippen molar-refractivity contribution in [1.82, 2.24) is 9.97 Å². The summed E-state index contributed by atoms with van der Waals surface area (Å²) in [6.45, 7) is 1.56. The van der Waals surface area contributed by atoms with Crippen LogP contribution in [0.2, 0.25) is 0 Å². The molecule has 2 N–H and O–H groups in total. The fourth-order valence-electron chi connectivity index (χ4n) is 3.74. The number of aliphatic hydroxyl groups excluding tert-OH is 1. The van der Waals surface area contributed by atoms with Crippen LogP contribution in [0.15, 0.2) is 54.9 Å². The second kappa shape index (κ2) is 9.69. The molecule has 1 amide bonds. The van der Waals surface area contributed by atoms with Gasteiger partial charge in [-0.15, -0.1) is 13.2 Å². The molecule has 1 aliphatic rings. The lowest BCUT2D eigenvalue weighted by molar-refractivity contribution is -0.274. The van der Waals surface area contributed by atoms with Crippen molar-refractivity contribution in [3.63, 3.8) is 0 Å². The lowest BCUT2D eigenvalue weighted by atomic mass is 10.0. The molecule has 1 aliphatic heterocycles. The average molecular weight is 508 g/mol. The summed E-state index contributed by atoms with van der Waals surface area (Å²) in [6, 6.07) is 8.78. The minimum absolute atomic E-state index is 0.119. The highest BCUT2D eigenvalue weighted by Gasteiger charge is 2.31. The highest BCUT2D eigenvalue weighted by molar-refractivity contribution is 6.05. The molecule has 1 fully saturated rings. The van der Waals surface area contributed by atoms with Gasteiger partial charge in [-0.25, -0.2) is 4.98 Å². The number of amides is 1. The Morgan fingerprint density at radius 1 is 1.08 bits per heavy atom. The normalized spacial score (nSPS) is 16.2. The topological polar surface area (TPSA) is 87.6 Å². The molecule has 190 valence electrons. The summed E-state index contributed by atoms with van der Waals surface area (Å²) >= 11 is 0. The predicted octanol–water partition coefficient (Wildman–Crippen LogP) is 4.98. The van der Waals surface area contributed by atoms with Crippen LogP contribution in [-0.2, 0) is 5.92 Å². The Morgan fingerprint density at radius 2 is 1.81 bits per heavy atom. The standard InChI is InChI=1S/C24H21F5N4O3/c1-23(25,26)20-7-2-14(11-30-20)19-10-15(12-31-21(19)33-9-8-17(34)13-33)22(35)32-16-3-5-18(6-4-16)36-24(27,28)29/h2-7,10-12,17,34H,8-9,13H2,1H3,(H,32,35)/t17-/m1/s1. The van der Waals surface area contributed by atoms with E-state index in [4.69, 9.17) is 0 Å². The first-order valence-electron chi connectivity index (χ1n) is 10.8. The van der Waals surface area contributed by atoms with E-state index in [9.17, 15) is 31.9 Å². The second-order valence-corrected chi connectivity index (χ2v) is 8.33. The van der Waals surface area contributed by atoms with Gasteiger partial charge in [-0.1, -0.05) is 6.07 Å². The molecule has 36 heavy (non-hydrogen) atoms. The number of aromatic nitrogens is 2. The van der Waals surface area contributed by atoms with Crippen LogP contribution in [-0.4, -0.2) is 46.5 Å². The monoisotopic (exact) mass is 508 g/mol. The molecule has 1 atom stereocenters. The Morgan fingerprint density at radius 3 is 2.36 bits per heavy atom. The maximum Gasteiger partial charge on any atom is 0.573 e. The summed E-state index contributed by atoms with van der Waals surface area (Å²) in [5.74, 6) is -3.70. The third-order valence-corrected chi connectivity index (χ3v) is 5.46. The Balaban J connectivity index is 1.61. The molecule has 7 nitrogen and oxygen atoms in total. The van der Waals surface area contributed by atoms with Crippen LogP contribution in [0.4, 0.5) is 33.5 Å². The minimum Gasteiger partial charge on any atom is -0.406 e. The number of aliphatic hydroxyl groups is 1. The molecule has 12 heteroatoms. The Kier molecular flexibility index (Phi) is 6.81. The molecule has 0 unspecified atom stereocenters. The summed E-state index contributed by atoms with van der Waals surface area (Å²) in [6.07, 6.45) is -2.27. The third kappa shape index (κ3) is 6.06. The summed E-state index contributed by atoms with van der Waals surface area (Å²) in [7, 11) is 0. The molecular formula is C24H21F5N4O3. The van der Waals surface area contributed by atoms with Crippen molar-refractivity contribution in [1.29, 1.82) is 0 Å². The lowest BCUT2D eigenvalue weighted by Gasteiger charge is -2.21. The van der Waals surface area contributed by atoms with Gasteiger partial charge in [0.05, 0.1) is 11.7 Å². The number of hydrogen-bond donors (Lipinski definition) is 2. The Hall–Kier alpha value is -3.80. The number of nitrogens with zero attached hydrogens (tertiary/aromatic N) is 3. The predicted molar refractivity (Wildman–Crippen MR) is 121 cm³/mol.